The van der Waals surface area contributed by atoms with Gasteiger partial charge in [0.1, 0.15) is 8.07 Å². The molecule has 0 aromatic carbocycles. The molecule has 0 aromatic heterocycles. The van der Waals surface area contributed by atoms with Crippen LogP contribution in [0.25, 0.3) is 0 Å². The summed E-state index contributed by atoms with van der Waals surface area (Å²) in [5.74, 6) is 0.197. The summed E-state index contributed by atoms with van der Waals surface area (Å²) in [5.41, 5.74) is 1.83. The highest BCUT2D eigenvalue weighted by atomic mass is 32.2. The average molecular weight is 236 g/mol. The second-order valence-corrected chi connectivity index (χ2v) is 10.9. The van der Waals surface area contributed by atoms with Crippen molar-refractivity contribution in [3.63, 3.8) is 0 Å². The molecule has 0 aromatic rings. The minimum absolute atomic E-state index is 0.0919. The first-order valence-electron chi connectivity index (χ1n) is 4.69. The van der Waals surface area contributed by atoms with Gasteiger partial charge in [-0.15, -0.1) is 6.58 Å². The molecular weight excluding hydrogens is 216 g/mol. The van der Waals surface area contributed by atoms with Crippen molar-refractivity contribution < 1.29 is 12.6 Å². The van der Waals surface area contributed by atoms with E-state index < -0.39 is 18.2 Å². The zero-order chi connectivity index (χ0) is 11.4. The Bertz CT molecular complexity index is 280. The maximum Gasteiger partial charge on any atom is 0.267 e. The van der Waals surface area contributed by atoms with Crippen molar-refractivity contribution in [2.24, 2.45) is 5.92 Å². The fourth-order valence-corrected chi connectivity index (χ4v) is 3.72. The van der Waals surface area contributed by atoms with E-state index in [9.17, 15) is 8.42 Å². The van der Waals surface area contributed by atoms with Crippen LogP contribution in [0.2, 0.25) is 13.1 Å². The van der Waals surface area contributed by atoms with Crippen LogP contribution in [0.15, 0.2) is 12.3 Å². The molecule has 0 radical (unpaired) electrons. The molecule has 0 saturated carbocycles. The molecule has 3 nitrogen and oxygen atoms in total. The van der Waals surface area contributed by atoms with Crippen LogP contribution in [0, 0.1) is 5.92 Å². The summed E-state index contributed by atoms with van der Waals surface area (Å²) < 4.78 is 27.7. The predicted molar refractivity (Wildman–Crippen MR) is 62.3 cm³/mol. The third kappa shape index (κ3) is 6.34. The zero-order valence-electron chi connectivity index (χ0n) is 9.41. The van der Waals surface area contributed by atoms with Crippen LogP contribution in [0.4, 0.5) is 0 Å². The van der Waals surface area contributed by atoms with E-state index >= 15 is 0 Å². The molecule has 0 N–H and O–H groups in total. The lowest BCUT2D eigenvalue weighted by Crippen LogP contribution is -2.32. The first-order chi connectivity index (χ1) is 6.18. The standard InChI is InChI=1S/C9H20O3SSi/c1-6-14(4,5)8-12-13(10,11)7-9(2)3/h6,9H,1,7-8H2,2-5H3. The Morgan fingerprint density at radius 2 is 1.93 bits per heavy atom. The molecule has 0 fully saturated rings. The van der Waals surface area contributed by atoms with Gasteiger partial charge in [0.2, 0.25) is 0 Å². The highest BCUT2D eigenvalue weighted by Crippen LogP contribution is 2.08. The summed E-state index contributed by atoms with van der Waals surface area (Å²) in [6, 6.07) is 0. The molecule has 84 valence electrons. The van der Waals surface area contributed by atoms with Crippen molar-refractivity contribution in [3.8, 4) is 0 Å². The van der Waals surface area contributed by atoms with Crippen LogP contribution >= 0.6 is 0 Å². The largest absolute Gasteiger partial charge is 0.273 e. The van der Waals surface area contributed by atoms with Gasteiger partial charge in [-0.05, 0) is 5.92 Å². The quantitative estimate of drug-likeness (QED) is 0.523. The average Bonchev–Trinajstić information content (AvgIpc) is 1.99. The van der Waals surface area contributed by atoms with Gasteiger partial charge in [0.15, 0.2) is 0 Å². The molecule has 0 rings (SSSR count). The number of rotatable bonds is 6. The summed E-state index contributed by atoms with van der Waals surface area (Å²) in [6.07, 6.45) is 0.297. The minimum atomic E-state index is -3.34. The van der Waals surface area contributed by atoms with Gasteiger partial charge in [-0.3, -0.25) is 4.18 Å². The summed E-state index contributed by atoms with van der Waals surface area (Å²) in [6.45, 7) is 11.4. The van der Waals surface area contributed by atoms with E-state index in [0.29, 0.717) is 6.23 Å². The van der Waals surface area contributed by atoms with E-state index in [1.54, 1.807) is 0 Å². The van der Waals surface area contributed by atoms with Gasteiger partial charge in [0.25, 0.3) is 10.1 Å². The Morgan fingerprint density at radius 1 is 1.43 bits per heavy atom. The van der Waals surface area contributed by atoms with E-state index in [4.69, 9.17) is 4.18 Å². The van der Waals surface area contributed by atoms with Crippen LogP contribution in [0.3, 0.4) is 0 Å². The minimum Gasteiger partial charge on any atom is -0.273 e. The van der Waals surface area contributed by atoms with Gasteiger partial charge in [0.05, 0.1) is 12.0 Å². The highest BCUT2D eigenvalue weighted by molar-refractivity contribution is 7.86. The van der Waals surface area contributed by atoms with Crippen molar-refractivity contribution in [1.82, 2.24) is 0 Å². The fourth-order valence-electron chi connectivity index (χ4n) is 0.757. The summed E-state index contributed by atoms with van der Waals surface area (Å²) >= 11 is 0. The molecule has 0 spiro atoms. The topological polar surface area (TPSA) is 43.4 Å². The Kier molecular flexibility index (Phi) is 5.04. The normalized spacial score (nSPS) is 13.2. The second kappa shape index (κ2) is 5.09. The van der Waals surface area contributed by atoms with Crippen LogP contribution in [-0.4, -0.2) is 28.5 Å². The van der Waals surface area contributed by atoms with E-state index in [1.807, 2.05) is 32.6 Å². The monoisotopic (exact) mass is 236 g/mol. The predicted octanol–water partition coefficient (Wildman–Crippen LogP) is 1.96. The zero-order valence-corrected chi connectivity index (χ0v) is 11.2. The molecule has 0 aliphatic heterocycles. The first-order valence-corrected chi connectivity index (χ1v) is 9.55. The van der Waals surface area contributed by atoms with Crippen molar-refractivity contribution in [1.29, 1.82) is 0 Å². The lowest BCUT2D eigenvalue weighted by Gasteiger charge is -2.17. The molecule has 0 amide bonds. The van der Waals surface area contributed by atoms with Crippen LogP contribution in [-0.2, 0) is 14.3 Å². The van der Waals surface area contributed by atoms with Crippen LogP contribution in [0.1, 0.15) is 13.8 Å². The molecule has 0 heterocycles. The van der Waals surface area contributed by atoms with Gasteiger partial charge in [-0.1, -0.05) is 32.6 Å². The van der Waals surface area contributed by atoms with Gasteiger partial charge in [0, 0.05) is 0 Å². The van der Waals surface area contributed by atoms with Crippen molar-refractivity contribution >= 4 is 18.2 Å². The molecule has 0 atom stereocenters. The Balaban J connectivity index is 4.20. The SMILES string of the molecule is C=C[Si](C)(C)COS(=O)(=O)CC(C)C. The number of hydrogen-bond acceptors (Lipinski definition) is 3. The lowest BCUT2D eigenvalue weighted by molar-refractivity contribution is 0.366. The summed E-state index contributed by atoms with van der Waals surface area (Å²) in [5, 5.41) is 0. The summed E-state index contributed by atoms with van der Waals surface area (Å²) in [7, 11) is -5.01. The highest BCUT2D eigenvalue weighted by Gasteiger charge is 2.21. The molecule has 0 unspecified atom stereocenters. The van der Waals surface area contributed by atoms with Crippen molar-refractivity contribution in [2.45, 2.75) is 26.9 Å². The third-order valence-corrected chi connectivity index (χ3v) is 5.46. The molecule has 0 aliphatic rings. The Labute approximate surface area is 88.3 Å². The Morgan fingerprint density at radius 3 is 2.29 bits per heavy atom. The molecule has 0 aliphatic carbocycles. The summed E-state index contributed by atoms with van der Waals surface area (Å²) in [4.78, 5) is 0. The van der Waals surface area contributed by atoms with E-state index in [1.165, 1.54) is 0 Å². The third-order valence-electron chi connectivity index (χ3n) is 1.70. The van der Waals surface area contributed by atoms with Crippen LogP contribution in [0.5, 0.6) is 0 Å². The molecular formula is C9H20O3SSi. The van der Waals surface area contributed by atoms with Crippen LogP contribution < -0.4 is 0 Å². The van der Waals surface area contributed by atoms with Gasteiger partial charge >= 0.3 is 0 Å². The second-order valence-electron chi connectivity index (χ2n) is 4.57. The maximum atomic E-state index is 11.4. The van der Waals surface area contributed by atoms with E-state index in [0.717, 1.165) is 0 Å². The Hall–Kier alpha value is -0.133. The fraction of sp³-hybridized carbons (Fsp3) is 0.778. The van der Waals surface area contributed by atoms with Crippen molar-refractivity contribution in [2.75, 3.05) is 12.0 Å². The smallest absolute Gasteiger partial charge is 0.267 e. The molecule has 14 heavy (non-hydrogen) atoms. The van der Waals surface area contributed by atoms with E-state index in [2.05, 4.69) is 6.58 Å². The van der Waals surface area contributed by atoms with Gasteiger partial charge in [-0.25, -0.2) is 0 Å². The molecule has 5 heteroatoms. The molecule has 0 saturated heterocycles. The van der Waals surface area contributed by atoms with E-state index in [-0.39, 0.29) is 11.7 Å². The van der Waals surface area contributed by atoms with Gasteiger partial charge < -0.3 is 0 Å². The number of hydrogen-bond donors (Lipinski definition) is 0. The molecule has 0 bridgehead atoms. The maximum absolute atomic E-state index is 11.4. The van der Waals surface area contributed by atoms with Gasteiger partial charge in [-0.2, -0.15) is 8.42 Å². The lowest BCUT2D eigenvalue weighted by atomic mass is 10.3. The van der Waals surface area contributed by atoms with Crippen molar-refractivity contribution in [3.05, 3.63) is 12.3 Å². The first kappa shape index (κ1) is 13.9.